The van der Waals surface area contributed by atoms with Gasteiger partial charge in [0.05, 0.1) is 12.2 Å². The third-order valence-corrected chi connectivity index (χ3v) is 3.66. The van der Waals surface area contributed by atoms with Crippen molar-refractivity contribution in [2.45, 2.75) is 26.3 Å². The lowest BCUT2D eigenvalue weighted by Gasteiger charge is -2.05. The third-order valence-electron chi connectivity index (χ3n) is 3.66. The molecule has 0 bridgehead atoms. The van der Waals surface area contributed by atoms with E-state index in [0.29, 0.717) is 17.6 Å². The molecule has 3 aromatic rings. The van der Waals surface area contributed by atoms with Crippen molar-refractivity contribution >= 4 is 5.69 Å². The first kappa shape index (κ1) is 16.1. The van der Waals surface area contributed by atoms with Gasteiger partial charge < -0.3 is 9.84 Å². The Balaban J connectivity index is 1.70. The summed E-state index contributed by atoms with van der Waals surface area (Å²) in [6, 6.07) is 11.1. The van der Waals surface area contributed by atoms with Gasteiger partial charge in [-0.2, -0.15) is 4.98 Å². The Bertz CT molecular complexity index is 829. The molecule has 24 heavy (non-hydrogen) atoms. The maximum absolute atomic E-state index is 13.5. The van der Waals surface area contributed by atoms with Crippen LogP contribution >= 0.6 is 0 Å². The lowest BCUT2D eigenvalue weighted by molar-refractivity contribution is 0.384. The molecule has 1 aromatic heterocycles. The number of rotatable bonds is 5. The van der Waals surface area contributed by atoms with Crippen LogP contribution < -0.4 is 5.32 Å². The van der Waals surface area contributed by atoms with E-state index in [1.165, 1.54) is 5.56 Å². The monoisotopic (exact) mass is 329 g/mol. The summed E-state index contributed by atoms with van der Waals surface area (Å²) in [6.45, 7) is 4.36. The van der Waals surface area contributed by atoms with Crippen molar-refractivity contribution in [2.75, 3.05) is 5.32 Å². The largest absolute Gasteiger partial charge is 0.374 e. The standard InChI is InChI=1S/C18H17F2N3O/c1-11(2)12-3-5-13(6-4-12)18-22-17(24-23-18)10-21-16-9-14(19)7-8-15(16)20/h3-9,11,21H,10H2,1-2H3. The Morgan fingerprint density at radius 2 is 1.83 bits per heavy atom. The van der Waals surface area contributed by atoms with Crippen LogP contribution in [0.4, 0.5) is 14.5 Å². The van der Waals surface area contributed by atoms with Crippen molar-refractivity contribution in [3.63, 3.8) is 0 Å². The Hall–Kier alpha value is -2.76. The molecule has 4 nitrogen and oxygen atoms in total. The van der Waals surface area contributed by atoms with Crippen molar-refractivity contribution in [1.29, 1.82) is 0 Å². The van der Waals surface area contributed by atoms with Gasteiger partial charge in [0.15, 0.2) is 0 Å². The summed E-state index contributed by atoms with van der Waals surface area (Å²) >= 11 is 0. The van der Waals surface area contributed by atoms with Gasteiger partial charge in [0.2, 0.25) is 11.7 Å². The number of benzene rings is 2. The van der Waals surface area contributed by atoms with Crippen LogP contribution in [0.3, 0.4) is 0 Å². The van der Waals surface area contributed by atoms with Gasteiger partial charge in [-0.1, -0.05) is 43.3 Å². The number of aromatic nitrogens is 2. The van der Waals surface area contributed by atoms with Crippen molar-refractivity contribution in [3.8, 4) is 11.4 Å². The zero-order valence-electron chi connectivity index (χ0n) is 13.4. The molecule has 0 spiro atoms. The number of hydrogen-bond donors (Lipinski definition) is 1. The third kappa shape index (κ3) is 3.59. The van der Waals surface area contributed by atoms with E-state index in [9.17, 15) is 8.78 Å². The fourth-order valence-corrected chi connectivity index (χ4v) is 2.26. The molecular weight excluding hydrogens is 312 g/mol. The lowest BCUT2D eigenvalue weighted by atomic mass is 10.0. The minimum atomic E-state index is -0.541. The van der Waals surface area contributed by atoms with Crippen LogP contribution in [0.2, 0.25) is 0 Å². The highest BCUT2D eigenvalue weighted by Gasteiger charge is 2.10. The van der Waals surface area contributed by atoms with Crippen LogP contribution in [0.15, 0.2) is 47.0 Å². The van der Waals surface area contributed by atoms with E-state index in [1.807, 2.05) is 24.3 Å². The van der Waals surface area contributed by atoms with E-state index in [4.69, 9.17) is 4.52 Å². The molecule has 2 aromatic carbocycles. The summed E-state index contributed by atoms with van der Waals surface area (Å²) < 4.78 is 31.8. The van der Waals surface area contributed by atoms with Gasteiger partial charge in [-0.3, -0.25) is 0 Å². The van der Waals surface area contributed by atoms with Crippen LogP contribution in [-0.4, -0.2) is 10.1 Å². The van der Waals surface area contributed by atoms with E-state index in [-0.39, 0.29) is 12.2 Å². The van der Waals surface area contributed by atoms with Gasteiger partial charge in [0.1, 0.15) is 11.6 Å². The number of nitrogens with one attached hydrogen (secondary N) is 1. The fourth-order valence-electron chi connectivity index (χ4n) is 2.26. The predicted molar refractivity (Wildman–Crippen MR) is 87.5 cm³/mol. The molecule has 1 N–H and O–H groups in total. The molecule has 6 heteroatoms. The molecular formula is C18H17F2N3O. The molecule has 0 amide bonds. The molecule has 0 aliphatic carbocycles. The summed E-state index contributed by atoms with van der Waals surface area (Å²) in [5, 5.41) is 6.67. The zero-order chi connectivity index (χ0) is 17.1. The Labute approximate surface area is 138 Å². The second-order valence-electron chi connectivity index (χ2n) is 5.77. The number of halogens is 2. The Morgan fingerprint density at radius 3 is 2.54 bits per heavy atom. The smallest absolute Gasteiger partial charge is 0.246 e. The molecule has 0 unspecified atom stereocenters. The maximum Gasteiger partial charge on any atom is 0.246 e. The topological polar surface area (TPSA) is 51.0 Å². The summed E-state index contributed by atoms with van der Waals surface area (Å²) in [6.07, 6.45) is 0. The maximum atomic E-state index is 13.5. The van der Waals surface area contributed by atoms with E-state index in [2.05, 4.69) is 29.3 Å². The van der Waals surface area contributed by atoms with Crippen LogP contribution in [0.1, 0.15) is 31.2 Å². The van der Waals surface area contributed by atoms with E-state index in [1.54, 1.807) is 0 Å². The molecule has 1 heterocycles. The molecule has 0 fully saturated rings. The summed E-state index contributed by atoms with van der Waals surface area (Å²) in [5.74, 6) is 0.143. The SMILES string of the molecule is CC(C)c1ccc(-c2noc(CNc3cc(F)ccc3F)n2)cc1. The van der Waals surface area contributed by atoms with Crippen molar-refractivity contribution in [2.24, 2.45) is 0 Å². The fraction of sp³-hybridized carbons (Fsp3) is 0.222. The molecule has 0 saturated heterocycles. The molecule has 0 radical (unpaired) electrons. The average Bonchev–Trinajstić information content (AvgIpc) is 3.05. The second-order valence-corrected chi connectivity index (χ2v) is 5.77. The first-order valence-corrected chi connectivity index (χ1v) is 7.65. The van der Waals surface area contributed by atoms with Crippen molar-refractivity contribution < 1.29 is 13.3 Å². The van der Waals surface area contributed by atoms with Gasteiger partial charge in [-0.05, 0) is 29.7 Å². The molecule has 0 atom stereocenters. The zero-order valence-corrected chi connectivity index (χ0v) is 13.4. The second kappa shape index (κ2) is 6.78. The number of nitrogens with zero attached hydrogens (tertiary/aromatic N) is 2. The molecule has 3 rings (SSSR count). The number of anilines is 1. The molecule has 124 valence electrons. The van der Waals surface area contributed by atoms with E-state index >= 15 is 0 Å². The van der Waals surface area contributed by atoms with E-state index < -0.39 is 11.6 Å². The number of hydrogen-bond acceptors (Lipinski definition) is 4. The first-order valence-electron chi connectivity index (χ1n) is 7.65. The predicted octanol–water partition coefficient (Wildman–Crippen LogP) is 4.75. The van der Waals surface area contributed by atoms with Gasteiger partial charge in [-0.25, -0.2) is 8.78 Å². The van der Waals surface area contributed by atoms with Crippen LogP contribution in [0.5, 0.6) is 0 Å². The molecule has 0 aliphatic heterocycles. The van der Waals surface area contributed by atoms with Crippen LogP contribution in [-0.2, 0) is 6.54 Å². The Morgan fingerprint density at radius 1 is 1.08 bits per heavy atom. The molecule has 0 aliphatic rings. The lowest BCUT2D eigenvalue weighted by Crippen LogP contribution is -2.02. The minimum Gasteiger partial charge on any atom is -0.374 e. The highest BCUT2D eigenvalue weighted by Crippen LogP contribution is 2.21. The summed E-state index contributed by atoms with van der Waals surface area (Å²) in [7, 11) is 0. The van der Waals surface area contributed by atoms with Crippen molar-refractivity contribution in [3.05, 3.63) is 65.6 Å². The van der Waals surface area contributed by atoms with Crippen molar-refractivity contribution in [1.82, 2.24) is 10.1 Å². The van der Waals surface area contributed by atoms with Gasteiger partial charge >= 0.3 is 0 Å². The first-order chi connectivity index (χ1) is 11.5. The van der Waals surface area contributed by atoms with Gasteiger partial charge in [0.25, 0.3) is 0 Å². The summed E-state index contributed by atoms with van der Waals surface area (Å²) in [4.78, 5) is 4.27. The summed E-state index contributed by atoms with van der Waals surface area (Å²) in [5.41, 5.74) is 2.12. The average molecular weight is 329 g/mol. The minimum absolute atomic E-state index is 0.0519. The van der Waals surface area contributed by atoms with Crippen LogP contribution in [0, 0.1) is 11.6 Å². The van der Waals surface area contributed by atoms with Crippen LogP contribution in [0.25, 0.3) is 11.4 Å². The highest BCUT2D eigenvalue weighted by molar-refractivity contribution is 5.55. The van der Waals surface area contributed by atoms with Gasteiger partial charge in [-0.15, -0.1) is 0 Å². The highest BCUT2D eigenvalue weighted by atomic mass is 19.1. The van der Waals surface area contributed by atoms with Gasteiger partial charge in [0, 0.05) is 5.56 Å². The normalized spacial score (nSPS) is 11.0. The quantitative estimate of drug-likeness (QED) is 0.734. The Kier molecular flexibility index (Phi) is 4.55. The van der Waals surface area contributed by atoms with E-state index in [0.717, 1.165) is 23.8 Å². The molecule has 0 saturated carbocycles.